The van der Waals surface area contributed by atoms with Gasteiger partial charge in [-0.05, 0) is 19.1 Å². The van der Waals surface area contributed by atoms with Crippen molar-refractivity contribution in [1.29, 1.82) is 0 Å². The predicted molar refractivity (Wildman–Crippen MR) is 73.9 cm³/mol. The molecule has 102 valence electrons. The molecule has 1 aliphatic rings. The van der Waals surface area contributed by atoms with E-state index in [1.165, 1.54) is 4.90 Å². The molecule has 0 fully saturated rings. The molecule has 0 aromatic heterocycles. The maximum Gasteiger partial charge on any atom is 0.261 e. The minimum Gasteiger partial charge on any atom is -0.329 e. The number of amides is 2. The van der Waals surface area contributed by atoms with Crippen molar-refractivity contribution in [3.63, 3.8) is 0 Å². The Bertz CT molecular complexity index is 474. The minimum atomic E-state index is -0.151. The van der Waals surface area contributed by atoms with Crippen LogP contribution in [0, 0.1) is 0 Å². The van der Waals surface area contributed by atoms with E-state index in [-0.39, 0.29) is 11.8 Å². The van der Waals surface area contributed by atoms with Crippen LogP contribution in [-0.2, 0) is 0 Å². The van der Waals surface area contributed by atoms with Gasteiger partial charge in [0.05, 0.1) is 38.3 Å². The lowest BCUT2D eigenvalue weighted by Gasteiger charge is -2.28. The van der Waals surface area contributed by atoms with Gasteiger partial charge in [-0.2, -0.15) is 0 Å². The van der Waals surface area contributed by atoms with Crippen LogP contribution in [0.4, 0.5) is 0 Å². The average molecular weight is 261 g/mol. The van der Waals surface area contributed by atoms with Gasteiger partial charge in [0.2, 0.25) is 0 Å². The number of fused-ring (bicyclic) bond motifs is 1. The van der Waals surface area contributed by atoms with Gasteiger partial charge in [-0.15, -0.1) is 0 Å². The van der Waals surface area contributed by atoms with Crippen molar-refractivity contribution in [1.82, 2.24) is 4.90 Å². The predicted octanol–water partition coefficient (Wildman–Crippen LogP) is 1.77. The van der Waals surface area contributed by atoms with E-state index in [4.69, 9.17) is 0 Å². The highest BCUT2D eigenvalue weighted by Crippen LogP contribution is 2.22. The second kappa shape index (κ2) is 5.13. The molecule has 0 aliphatic carbocycles. The normalized spacial score (nSPS) is 15.0. The fourth-order valence-corrected chi connectivity index (χ4v) is 2.26. The summed E-state index contributed by atoms with van der Waals surface area (Å²) in [7, 11) is 4.31. The molecule has 0 unspecified atom stereocenters. The minimum absolute atomic E-state index is 0.151. The summed E-state index contributed by atoms with van der Waals surface area (Å²) in [5, 5.41) is 0. The first-order valence-electron chi connectivity index (χ1n) is 6.73. The van der Waals surface area contributed by atoms with E-state index in [1.54, 1.807) is 24.3 Å². The quantitative estimate of drug-likeness (QED) is 0.598. The highest BCUT2D eigenvalue weighted by molar-refractivity contribution is 6.21. The Hall–Kier alpha value is -1.68. The lowest BCUT2D eigenvalue weighted by atomic mass is 10.1. The Labute approximate surface area is 114 Å². The first-order valence-corrected chi connectivity index (χ1v) is 6.73. The molecule has 19 heavy (non-hydrogen) atoms. The van der Waals surface area contributed by atoms with Crippen LogP contribution in [0.5, 0.6) is 0 Å². The molecule has 0 saturated carbocycles. The maximum absolute atomic E-state index is 12.1. The summed E-state index contributed by atoms with van der Waals surface area (Å²) in [4.78, 5) is 25.6. The van der Waals surface area contributed by atoms with Crippen LogP contribution in [0.1, 0.15) is 34.1 Å². The summed E-state index contributed by atoms with van der Waals surface area (Å²) in [5.41, 5.74) is 1.08. The zero-order valence-electron chi connectivity index (χ0n) is 11.8. The van der Waals surface area contributed by atoms with Crippen molar-refractivity contribution < 1.29 is 14.1 Å². The van der Waals surface area contributed by atoms with Crippen LogP contribution in [0.25, 0.3) is 0 Å². The second-order valence-corrected chi connectivity index (χ2v) is 5.64. The zero-order valence-corrected chi connectivity index (χ0v) is 11.8. The smallest absolute Gasteiger partial charge is 0.261 e. The van der Waals surface area contributed by atoms with E-state index >= 15 is 0 Å². The van der Waals surface area contributed by atoms with E-state index in [9.17, 15) is 9.59 Å². The molecule has 0 saturated heterocycles. The Morgan fingerprint density at radius 3 is 2.05 bits per heavy atom. The maximum atomic E-state index is 12.1. The third kappa shape index (κ3) is 2.68. The molecule has 0 radical (unpaired) electrons. The first-order chi connectivity index (χ1) is 8.96. The molecule has 1 aliphatic heterocycles. The van der Waals surface area contributed by atoms with Gasteiger partial charge in [-0.1, -0.05) is 12.1 Å². The van der Waals surface area contributed by atoms with Gasteiger partial charge in [0, 0.05) is 13.0 Å². The number of nitrogens with zero attached hydrogens (tertiary/aromatic N) is 2. The van der Waals surface area contributed by atoms with Gasteiger partial charge in [0.25, 0.3) is 11.8 Å². The Morgan fingerprint density at radius 1 is 1.05 bits per heavy atom. The number of benzene rings is 1. The summed E-state index contributed by atoms with van der Waals surface area (Å²) in [5.74, 6) is -0.301. The molecule has 2 rings (SSSR count). The first kappa shape index (κ1) is 13.7. The van der Waals surface area contributed by atoms with Crippen LogP contribution in [0.3, 0.4) is 0 Å². The summed E-state index contributed by atoms with van der Waals surface area (Å²) in [6.07, 6.45) is 0.840. The van der Waals surface area contributed by atoms with E-state index < -0.39 is 0 Å². The third-order valence-electron chi connectivity index (χ3n) is 3.88. The molecule has 0 N–H and O–H groups in total. The standard InChI is InChI=1S/C15H21N2O2/c1-4-17(2,3)11-7-10-16-14(18)12-8-5-6-9-13(12)15(16)19/h5-6,8-9H,4,7,10-11H2,1-3H3/q+1. The highest BCUT2D eigenvalue weighted by Gasteiger charge is 2.34. The van der Waals surface area contributed by atoms with E-state index in [2.05, 4.69) is 21.0 Å². The van der Waals surface area contributed by atoms with Gasteiger partial charge in [-0.25, -0.2) is 0 Å². The van der Waals surface area contributed by atoms with Gasteiger partial charge in [0.1, 0.15) is 0 Å². The number of carbonyl (C=O) groups is 2. The SMILES string of the molecule is CC[N+](C)(C)CCCN1C(=O)c2ccccc2C1=O. The van der Waals surface area contributed by atoms with Crippen molar-refractivity contribution in [3.8, 4) is 0 Å². The van der Waals surface area contributed by atoms with Crippen LogP contribution in [0.2, 0.25) is 0 Å². The lowest BCUT2D eigenvalue weighted by Crippen LogP contribution is -2.42. The summed E-state index contributed by atoms with van der Waals surface area (Å²) in [6, 6.07) is 7.04. The van der Waals surface area contributed by atoms with Crippen LogP contribution >= 0.6 is 0 Å². The zero-order chi connectivity index (χ0) is 14.0. The Morgan fingerprint density at radius 2 is 1.58 bits per heavy atom. The Balaban J connectivity index is 2.01. The number of hydrogen-bond donors (Lipinski definition) is 0. The number of quaternary nitrogens is 1. The monoisotopic (exact) mass is 261 g/mol. The van der Waals surface area contributed by atoms with E-state index in [1.807, 2.05) is 0 Å². The van der Waals surface area contributed by atoms with E-state index in [0.717, 1.165) is 24.0 Å². The topological polar surface area (TPSA) is 37.4 Å². The molecule has 1 aromatic carbocycles. The molecule has 0 bridgehead atoms. The molecule has 1 aromatic rings. The van der Waals surface area contributed by atoms with E-state index in [0.29, 0.717) is 17.7 Å². The molecule has 4 heteroatoms. The van der Waals surface area contributed by atoms with Crippen LogP contribution < -0.4 is 0 Å². The summed E-state index contributed by atoms with van der Waals surface area (Å²) >= 11 is 0. The number of hydrogen-bond acceptors (Lipinski definition) is 2. The molecular weight excluding hydrogens is 240 g/mol. The van der Waals surface area contributed by atoms with Crippen LogP contribution in [-0.4, -0.2) is 54.9 Å². The molecule has 2 amide bonds. The van der Waals surface area contributed by atoms with Crippen molar-refractivity contribution in [3.05, 3.63) is 35.4 Å². The fourth-order valence-electron chi connectivity index (χ4n) is 2.26. The summed E-state index contributed by atoms with van der Waals surface area (Å²) < 4.78 is 0.906. The number of rotatable bonds is 5. The van der Waals surface area contributed by atoms with Gasteiger partial charge >= 0.3 is 0 Å². The van der Waals surface area contributed by atoms with Gasteiger partial charge < -0.3 is 4.48 Å². The van der Waals surface area contributed by atoms with Gasteiger partial charge in [0.15, 0.2) is 0 Å². The average Bonchev–Trinajstić information content (AvgIpc) is 2.64. The van der Waals surface area contributed by atoms with Crippen LogP contribution in [0.15, 0.2) is 24.3 Å². The molecule has 0 atom stereocenters. The molecule has 4 nitrogen and oxygen atoms in total. The van der Waals surface area contributed by atoms with Crippen molar-refractivity contribution >= 4 is 11.8 Å². The summed E-state index contributed by atoms with van der Waals surface area (Å²) in [6.45, 7) is 4.65. The number of carbonyl (C=O) groups excluding carboxylic acids is 2. The third-order valence-corrected chi connectivity index (χ3v) is 3.88. The molecular formula is C15H21N2O2+. The van der Waals surface area contributed by atoms with Crippen molar-refractivity contribution in [2.45, 2.75) is 13.3 Å². The molecule has 1 heterocycles. The molecule has 0 spiro atoms. The Kier molecular flexibility index (Phi) is 3.71. The largest absolute Gasteiger partial charge is 0.329 e. The lowest BCUT2D eigenvalue weighted by molar-refractivity contribution is -0.888. The highest BCUT2D eigenvalue weighted by atomic mass is 16.2. The fraction of sp³-hybridized carbons (Fsp3) is 0.467. The van der Waals surface area contributed by atoms with Gasteiger partial charge in [-0.3, -0.25) is 14.5 Å². The van der Waals surface area contributed by atoms with Crippen molar-refractivity contribution in [2.75, 3.05) is 33.7 Å². The number of imide groups is 1. The second-order valence-electron chi connectivity index (χ2n) is 5.64. The van der Waals surface area contributed by atoms with Crippen molar-refractivity contribution in [2.24, 2.45) is 0 Å².